The number of tetrazole rings is 1. The number of sulfone groups is 1. The van der Waals surface area contributed by atoms with Crippen LogP contribution in [0.15, 0.2) is 33.1 Å². The molecule has 1 aliphatic rings. The monoisotopic (exact) mass is 385 g/mol. The molecule has 1 aromatic heterocycles. The van der Waals surface area contributed by atoms with Crippen LogP contribution in [-0.4, -0.2) is 52.5 Å². The Balaban J connectivity index is 1.88. The Labute approximate surface area is 147 Å². The van der Waals surface area contributed by atoms with Crippen LogP contribution in [0, 0.1) is 10.1 Å². The van der Waals surface area contributed by atoms with Crippen molar-refractivity contribution in [2.75, 3.05) is 12.9 Å². The maximum Gasteiger partial charge on any atom is 0.284 e. The second-order valence-corrected chi connectivity index (χ2v) is 8.56. The van der Waals surface area contributed by atoms with E-state index >= 15 is 0 Å². The first-order valence-electron chi connectivity index (χ1n) is 7.39. The Bertz CT molecular complexity index is 892. The quantitative estimate of drug-likeness (QED) is 0.533. The van der Waals surface area contributed by atoms with Gasteiger partial charge in [0.15, 0.2) is 9.84 Å². The maximum absolute atomic E-state index is 11.6. The van der Waals surface area contributed by atoms with E-state index in [-0.39, 0.29) is 21.6 Å². The van der Waals surface area contributed by atoms with Crippen LogP contribution in [0.2, 0.25) is 0 Å². The zero-order valence-electron chi connectivity index (χ0n) is 13.2. The van der Waals surface area contributed by atoms with Gasteiger partial charge < -0.3 is 4.74 Å². The minimum Gasteiger partial charge on any atom is -0.376 e. The Kier molecular flexibility index (Phi) is 5.01. The normalized spacial score (nSPS) is 17.7. The summed E-state index contributed by atoms with van der Waals surface area (Å²) in [7, 11) is -3.54. The Hall–Kier alpha value is -2.05. The standard InChI is InChI=1S/C13H15N5O5S2/c1-25(21,22)10-4-5-12(11(7-10)18(19)20)24-13-14-15-16-17(13)8-9-3-2-6-23-9/h4-5,7,9H,2-3,6,8H2,1H3/t9-/m0/s1. The van der Waals surface area contributed by atoms with Crippen LogP contribution >= 0.6 is 11.8 Å². The van der Waals surface area contributed by atoms with E-state index in [0.717, 1.165) is 36.9 Å². The van der Waals surface area contributed by atoms with Crippen molar-refractivity contribution in [2.24, 2.45) is 0 Å². The van der Waals surface area contributed by atoms with Crippen molar-refractivity contribution in [2.45, 2.75) is 40.4 Å². The molecule has 25 heavy (non-hydrogen) atoms. The average Bonchev–Trinajstić information content (AvgIpc) is 3.19. The highest BCUT2D eigenvalue weighted by Crippen LogP contribution is 2.35. The van der Waals surface area contributed by atoms with Crippen LogP contribution in [0.3, 0.4) is 0 Å². The van der Waals surface area contributed by atoms with Gasteiger partial charge in [-0.2, -0.15) is 0 Å². The minimum absolute atomic E-state index is 0.0189. The zero-order chi connectivity index (χ0) is 18.0. The summed E-state index contributed by atoms with van der Waals surface area (Å²) in [6.45, 7) is 1.16. The molecule has 134 valence electrons. The number of nitro groups is 1. The van der Waals surface area contributed by atoms with Crippen molar-refractivity contribution in [1.82, 2.24) is 20.2 Å². The Morgan fingerprint density at radius 2 is 2.28 bits per heavy atom. The molecule has 1 saturated heterocycles. The van der Waals surface area contributed by atoms with Gasteiger partial charge in [0.05, 0.1) is 27.4 Å². The second-order valence-electron chi connectivity index (χ2n) is 5.54. The van der Waals surface area contributed by atoms with Crippen LogP contribution in [0.5, 0.6) is 0 Å². The van der Waals surface area contributed by atoms with Crippen LogP contribution in [0.4, 0.5) is 5.69 Å². The van der Waals surface area contributed by atoms with Crippen molar-refractivity contribution in [3.63, 3.8) is 0 Å². The first-order chi connectivity index (χ1) is 11.8. The van der Waals surface area contributed by atoms with E-state index < -0.39 is 14.8 Å². The van der Waals surface area contributed by atoms with Crippen molar-refractivity contribution in [3.8, 4) is 0 Å². The first-order valence-corrected chi connectivity index (χ1v) is 10.1. The number of hydrogen-bond donors (Lipinski definition) is 0. The largest absolute Gasteiger partial charge is 0.376 e. The third-order valence-electron chi connectivity index (χ3n) is 3.66. The fraction of sp³-hybridized carbons (Fsp3) is 0.462. The summed E-state index contributed by atoms with van der Waals surface area (Å²) in [5, 5.41) is 23.1. The molecule has 10 nitrogen and oxygen atoms in total. The average molecular weight is 385 g/mol. The van der Waals surface area contributed by atoms with E-state index in [0.29, 0.717) is 18.3 Å². The molecule has 1 aromatic carbocycles. The van der Waals surface area contributed by atoms with Crippen LogP contribution in [-0.2, 0) is 21.1 Å². The van der Waals surface area contributed by atoms with Gasteiger partial charge in [-0.3, -0.25) is 10.1 Å². The number of hydrogen-bond acceptors (Lipinski definition) is 9. The molecule has 0 saturated carbocycles. The number of aromatic nitrogens is 4. The molecule has 1 fully saturated rings. The summed E-state index contributed by atoms with van der Waals surface area (Å²) in [4.78, 5) is 10.8. The van der Waals surface area contributed by atoms with E-state index in [1.807, 2.05) is 0 Å². The van der Waals surface area contributed by atoms with E-state index in [1.54, 1.807) is 0 Å². The van der Waals surface area contributed by atoms with E-state index in [9.17, 15) is 18.5 Å². The maximum atomic E-state index is 11.6. The summed E-state index contributed by atoms with van der Waals surface area (Å²) in [5.74, 6) is 0. The number of benzene rings is 1. The van der Waals surface area contributed by atoms with Gasteiger partial charge in [0.25, 0.3) is 5.69 Å². The zero-order valence-corrected chi connectivity index (χ0v) is 14.9. The van der Waals surface area contributed by atoms with Gasteiger partial charge in [0.1, 0.15) is 0 Å². The highest BCUT2D eigenvalue weighted by atomic mass is 32.2. The molecule has 0 N–H and O–H groups in total. The molecule has 0 aliphatic carbocycles. The van der Waals surface area contributed by atoms with Gasteiger partial charge in [-0.1, -0.05) is 0 Å². The lowest BCUT2D eigenvalue weighted by Crippen LogP contribution is -2.16. The molecule has 12 heteroatoms. The highest BCUT2D eigenvalue weighted by molar-refractivity contribution is 7.99. The molecule has 1 atom stereocenters. The third kappa shape index (κ3) is 4.14. The second kappa shape index (κ2) is 7.06. The third-order valence-corrected chi connectivity index (χ3v) is 5.81. The lowest BCUT2D eigenvalue weighted by molar-refractivity contribution is -0.388. The van der Waals surface area contributed by atoms with Crippen molar-refractivity contribution in [1.29, 1.82) is 0 Å². The number of nitrogens with zero attached hydrogens (tertiary/aromatic N) is 5. The predicted octanol–water partition coefficient (Wildman–Crippen LogP) is 1.31. The molecule has 3 rings (SSSR count). The van der Waals surface area contributed by atoms with E-state index in [1.165, 1.54) is 16.8 Å². The van der Waals surface area contributed by atoms with Crippen molar-refractivity contribution >= 4 is 27.3 Å². The van der Waals surface area contributed by atoms with E-state index in [2.05, 4.69) is 15.5 Å². The van der Waals surface area contributed by atoms with E-state index in [4.69, 9.17) is 4.74 Å². The van der Waals surface area contributed by atoms with Gasteiger partial charge in [-0.05, 0) is 47.2 Å². The van der Waals surface area contributed by atoms with Crippen LogP contribution in [0.25, 0.3) is 0 Å². The van der Waals surface area contributed by atoms with Gasteiger partial charge in [0.2, 0.25) is 5.16 Å². The number of ether oxygens (including phenoxy) is 1. The lowest BCUT2D eigenvalue weighted by Gasteiger charge is -2.10. The number of rotatable bonds is 6. The molecular weight excluding hydrogens is 370 g/mol. The first kappa shape index (κ1) is 17.8. The Morgan fingerprint density at radius 1 is 1.48 bits per heavy atom. The highest BCUT2D eigenvalue weighted by Gasteiger charge is 2.23. The molecule has 0 unspecified atom stereocenters. The molecule has 0 spiro atoms. The Morgan fingerprint density at radius 3 is 2.92 bits per heavy atom. The van der Waals surface area contributed by atoms with Crippen LogP contribution < -0.4 is 0 Å². The fourth-order valence-electron chi connectivity index (χ4n) is 2.42. The van der Waals surface area contributed by atoms with Gasteiger partial charge in [-0.25, -0.2) is 13.1 Å². The van der Waals surface area contributed by atoms with Gasteiger partial charge in [0, 0.05) is 18.9 Å². The summed E-state index contributed by atoms with van der Waals surface area (Å²) in [6.07, 6.45) is 2.91. The van der Waals surface area contributed by atoms with Crippen LogP contribution in [0.1, 0.15) is 12.8 Å². The summed E-state index contributed by atoms with van der Waals surface area (Å²) < 4.78 is 30.3. The van der Waals surface area contributed by atoms with Crippen molar-refractivity contribution in [3.05, 3.63) is 28.3 Å². The molecule has 2 aromatic rings. The molecule has 0 bridgehead atoms. The molecule has 0 radical (unpaired) electrons. The predicted molar refractivity (Wildman–Crippen MR) is 87.1 cm³/mol. The SMILES string of the molecule is CS(=O)(=O)c1ccc(Sc2nnnn2C[C@@H]2CCCO2)c([N+](=O)[O-])c1. The molecular formula is C13H15N5O5S2. The lowest BCUT2D eigenvalue weighted by atomic mass is 10.2. The summed E-state index contributed by atoms with van der Waals surface area (Å²) in [6, 6.07) is 3.77. The summed E-state index contributed by atoms with van der Waals surface area (Å²) in [5.41, 5.74) is -0.306. The topological polar surface area (TPSA) is 130 Å². The van der Waals surface area contributed by atoms with Crippen molar-refractivity contribution < 1.29 is 18.1 Å². The smallest absolute Gasteiger partial charge is 0.284 e. The molecule has 1 aliphatic heterocycles. The summed E-state index contributed by atoms with van der Waals surface area (Å²) >= 11 is 1.01. The minimum atomic E-state index is -3.54. The molecule has 2 heterocycles. The van der Waals surface area contributed by atoms with Gasteiger partial charge >= 0.3 is 0 Å². The fourth-order valence-corrected chi connectivity index (χ4v) is 3.93. The van der Waals surface area contributed by atoms with Gasteiger partial charge in [-0.15, -0.1) is 5.10 Å². The number of nitro benzene ring substituents is 1. The molecule has 0 amide bonds.